The largest absolute Gasteiger partial charge is 0.503 e. The van der Waals surface area contributed by atoms with Crippen molar-refractivity contribution in [1.29, 1.82) is 0 Å². The minimum absolute atomic E-state index is 0.208. The number of rotatable bonds is 1. The molecule has 16 heavy (non-hydrogen) atoms. The summed E-state index contributed by atoms with van der Waals surface area (Å²) in [5, 5.41) is 11.0. The lowest BCUT2D eigenvalue weighted by Gasteiger charge is -2.17. The first-order valence-corrected chi connectivity index (χ1v) is 5.54. The molecule has 4 nitrogen and oxygen atoms in total. The van der Waals surface area contributed by atoms with Gasteiger partial charge in [0.15, 0.2) is 11.6 Å². The highest BCUT2D eigenvalue weighted by molar-refractivity contribution is 5.87. The van der Waals surface area contributed by atoms with Crippen molar-refractivity contribution in [3.8, 4) is 5.75 Å². The Kier molecular flexibility index (Phi) is 2.13. The fraction of sp³-hybridized carbons (Fsp3) is 0.333. The van der Waals surface area contributed by atoms with E-state index in [1.54, 1.807) is 12.4 Å². The molecule has 0 radical (unpaired) electrons. The molecule has 82 valence electrons. The summed E-state index contributed by atoms with van der Waals surface area (Å²) in [6.07, 6.45) is 5.80. The molecule has 1 fully saturated rings. The van der Waals surface area contributed by atoms with Gasteiger partial charge in [0, 0.05) is 30.9 Å². The van der Waals surface area contributed by atoms with Gasteiger partial charge in [-0.25, -0.2) is 4.98 Å². The molecule has 1 saturated heterocycles. The van der Waals surface area contributed by atoms with Crippen LogP contribution >= 0.6 is 0 Å². The molecule has 0 amide bonds. The number of fused-ring (bicyclic) bond motifs is 1. The van der Waals surface area contributed by atoms with E-state index in [-0.39, 0.29) is 5.75 Å². The Balaban J connectivity index is 2.15. The zero-order valence-electron chi connectivity index (χ0n) is 8.93. The number of pyridine rings is 2. The Labute approximate surface area is 93.6 Å². The maximum atomic E-state index is 10.1. The topological polar surface area (TPSA) is 49.2 Å². The van der Waals surface area contributed by atoms with E-state index in [1.807, 2.05) is 12.1 Å². The van der Waals surface area contributed by atoms with Gasteiger partial charge >= 0.3 is 0 Å². The van der Waals surface area contributed by atoms with Crippen LogP contribution < -0.4 is 4.90 Å². The SMILES string of the molecule is Oc1c(N2CCCC2)ncc2cccnc12. The summed E-state index contributed by atoms with van der Waals surface area (Å²) in [6, 6.07) is 3.75. The smallest absolute Gasteiger partial charge is 0.185 e. The van der Waals surface area contributed by atoms with Gasteiger partial charge < -0.3 is 10.0 Å². The van der Waals surface area contributed by atoms with E-state index in [0.717, 1.165) is 18.5 Å². The van der Waals surface area contributed by atoms with Crippen LogP contribution in [0.25, 0.3) is 10.9 Å². The Morgan fingerprint density at radius 1 is 1.19 bits per heavy atom. The summed E-state index contributed by atoms with van der Waals surface area (Å²) in [4.78, 5) is 10.6. The zero-order valence-corrected chi connectivity index (χ0v) is 8.93. The average Bonchev–Trinajstić information content (AvgIpc) is 2.83. The maximum Gasteiger partial charge on any atom is 0.185 e. The van der Waals surface area contributed by atoms with Crippen LogP contribution in [-0.2, 0) is 0 Å². The van der Waals surface area contributed by atoms with Crippen LogP contribution in [0.5, 0.6) is 5.75 Å². The highest BCUT2D eigenvalue weighted by Crippen LogP contribution is 2.32. The lowest BCUT2D eigenvalue weighted by atomic mass is 10.2. The van der Waals surface area contributed by atoms with Crippen LogP contribution in [0.15, 0.2) is 24.5 Å². The van der Waals surface area contributed by atoms with Crippen molar-refractivity contribution in [1.82, 2.24) is 9.97 Å². The van der Waals surface area contributed by atoms with Gasteiger partial charge in [0.05, 0.1) is 0 Å². The van der Waals surface area contributed by atoms with Gasteiger partial charge in [0.1, 0.15) is 5.52 Å². The van der Waals surface area contributed by atoms with Crippen molar-refractivity contribution in [2.45, 2.75) is 12.8 Å². The van der Waals surface area contributed by atoms with E-state index in [0.29, 0.717) is 11.3 Å². The molecular weight excluding hydrogens is 202 g/mol. The van der Waals surface area contributed by atoms with Gasteiger partial charge in [0.2, 0.25) is 0 Å². The normalized spacial score (nSPS) is 15.9. The number of nitrogens with zero attached hydrogens (tertiary/aromatic N) is 3. The van der Waals surface area contributed by atoms with E-state index >= 15 is 0 Å². The molecule has 0 bridgehead atoms. The molecule has 2 aromatic rings. The van der Waals surface area contributed by atoms with Crippen LogP contribution in [0.3, 0.4) is 0 Å². The van der Waals surface area contributed by atoms with Gasteiger partial charge in [0.25, 0.3) is 0 Å². The third-order valence-corrected chi connectivity index (χ3v) is 3.01. The fourth-order valence-corrected chi connectivity index (χ4v) is 2.18. The van der Waals surface area contributed by atoms with Crippen molar-refractivity contribution in [2.75, 3.05) is 18.0 Å². The summed E-state index contributed by atoms with van der Waals surface area (Å²) in [5.74, 6) is 0.878. The summed E-state index contributed by atoms with van der Waals surface area (Å²) in [5.41, 5.74) is 0.638. The summed E-state index contributed by atoms with van der Waals surface area (Å²) in [7, 11) is 0. The Morgan fingerprint density at radius 3 is 2.81 bits per heavy atom. The molecule has 0 aliphatic carbocycles. The lowest BCUT2D eigenvalue weighted by Crippen LogP contribution is -2.19. The van der Waals surface area contributed by atoms with E-state index in [4.69, 9.17) is 0 Å². The molecule has 0 unspecified atom stereocenters. The van der Waals surface area contributed by atoms with Crippen LogP contribution in [0.4, 0.5) is 5.82 Å². The number of hydrogen-bond acceptors (Lipinski definition) is 4. The number of anilines is 1. The monoisotopic (exact) mass is 215 g/mol. The molecule has 1 aliphatic rings. The molecule has 3 heterocycles. The van der Waals surface area contributed by atoms with Gasteiger partial charge in [-0.05, 0) is 25.0 Å². The van der Waals surface area contributed by atoms with E-state index in [9.17, 15) is 5.11 Å². The summed E-state index contributed by atoms with van der Waals surface area (Å²) in [6.45, 7) is 1.94. The summed E-state index contributed by atoms with van der Waals surface area (Å²) >= 11 is 0. The molecular formula is C12H13N3O. The summed E-state index contributed by atoms with van der Waals surface area (Å²) < 4.78 is 0. The van der Waals surface area contributed by atoms with Crippen molar-refractivity contribution < 1.29 is 5.11 Å². The van der Waals surface area contributed by atoms with Crippen LogP contribution in [0.1, 0.15) is 12.8 Å². The maximum absolute atomic E-state index is 10.1. The second-order valence-corrected chi connectivity index (χ2v) is 4.07. The van der Waals surface area contributed by atoms with Gasteiger partial charge in [-0.2, -0.15) is 0 Å². The number of aromatic nitrogens is 2. The van der Waals surface area contributed by atoms with E-state index < -0.39 is 0 Å². The minimum atomic E-state index is 0.208. The first kappa shape index (κ1) is 9.39. The predicted octanol–water partition coefficient (Wildman–Crippen LogP) is 1.94. The van der Waals surface area contributed by atoms with Crippen molar-refractivity contribution in [2.24, 2.45) is 0 Å². The van der Waals surface area contributed by atoms with Gasteiger partial charge in [-0.1, -0.05) is 0 Å². The second kappa shape index (κ2) is 3.63. The van der Waals surface area contributed by atoms with Crippen molar-refractivity contribution in [3.63, 3.8) is 0 Å². The van der Waals surface area contributed by atoms with Gasteiger partial charge in [-0.15, -0.1) is 0 Å². The number of aromatic hydroxyl groups is 1. The number of hydrogen-bond donors (Lipinski definition) is 1. The van der Waals surface area contributed by atoms with Crippen LogP contribution in [0.2, 0.25) is 0 Å². The van der Waals surface area contributed by atoms with Crippen LogP contribution in [0, 0.1) is 0 Å². The highest BCUT2D eigenvalue weighted by Gasteiger charge is 2.18. The minimum Gasteiger partial charge on any atom is -0.503 e. The molecule has 3 rings (SSSR count). The Hall–Kier alpha value is -1.84. The standard InChI is InChI=1S/C12H13N3O/c16-11-10-9(4-3-5-13-10)8-14-12(11)15-6-1-2-7-15/h3-5,8,16H,1-2,6-7H2. The molecule has 0 aromatic carbocycles. The predicted molar refractivity (Wildman–Crippen MR) is 62.6 cm³/mol. The molecule has 2 aromatic heterocycles. The fourth-order valence-electron chi connectivity index (χ4n) is 2.18. The first-order valence-electron chi connectivity index (χ1n) is 5.54. The van der Waals surface area contributed by atoms with Crippen molar-refractivity contribution >= 4 is 16.7 Å². The zero-order chi connectivity index (χ0) is 11.0. The highest BCUT2D eigenvalue weighted by atomic mass is 16.3. The Bertz CT molecular complexity index is 521. The quantitative estimate of drug-likeness (QED) is 0.789. The first-order chi connectivity index (χ1) is 7.86. The Morgan fingerprint density at radius 2 is 2.00 bits per heavy atom. The third-order valence-electron chi connectivity index (χ3n) is 3.01. The second-order valence-electron chi connectivity index (χ2n) is 4.07. The van der Waals surface area contributed by atoms with Crippen molar-refractivity contribution in [3.05, 3.63) is 24.5 Å². The molecule has 0 atom stereocenters. The average molecular weight is 215 g/mol. The lowest BCUT2D eigenvalue weighted by molar-refractivity contribution is 0.477. The van der Waals surface area contributed by atoms with E-state index in [1.165, 1.54) is 12.8 Å². The molecule has 0 spiro atoms. The van der Waals surface area contributed by atoms with E-state index in [2.05, 4.69) is 14.9 Å². The third kappa shape index (κ3) is 1.38. The van der Waals surface area contributed by atoms with Crippen LogP contribution in [-0.4, -0.2) is 28.2 Å². The van der Waals surface area contributed by atoms with Gasteiger partial charge in [-0.3, -0.25) is 4.98 Å². The molecule has 4 heteroatoms. The molecule has 1 N–H and O–H groups in total. The molecule has 1 aliphatic heterocycles. The molecule has 0 saturated carbocycles.